The van der Waals surface area contributed by atoms with Gasteiger partial charge >= 0.3 is 39.5 Å². The number of carbonyl (C=O) groups is 4. The first-order valence-electron chi connectivity index (χ1n) is 39.1. The third kappa shape index (κ3) is 72.1. The van der Waals surface area contributed by atoms with E-state index in [1.54, 1.807) is 0 Å². The number of hydrogen-bond acceptors (Lipinski definition) is 15. The summed E-state index contributed by atoms with van der Waals surface area (Å²) in [5.74, 6) is -2.25. The molecule has 0 fully saturated rings. The monoisotopic (exact) mass is 1450 g/mol. The summed E-state index contributed by atoms with van der Waals surface area (Å²) < 4.78 is 68.5. The van der Waals surface area contributed by atoms with Crippen LogP contribution in [-0.2, 0) is 65.4 Å². The molecule has 0 aromatic rings. The second kappa shape index (κ2) is 73.0. The van der Waals surface area contributed by atoms with E-state index in [4.69, 9.17) is 37.0 Å². The van der Waals surface area contributed by atoms with Crippen LogP contribution in [0.1, 0.15) is 323 Å². The van der Waals surface area contributed by atoms with Crippen molar-refractivity contribution < 1.29 is 80.2 Å². The van der Waals surface area contributed by atoms with Crippen molar-refractivity contribution in [3.63, 3.8) is 0 Å². The number of esters is 4. The fourth-order valence-corrected chi connectivity index (χ4v) is 11.8. The molecule has 0 aliphatic heterocycles. The van der Waals surface area contributed by atoms with Crippen LogP contribution in [0.4, 0.5) is 0 Å². The van der Waals surface area contributed by atoms with Gasteiger partial charge in [0.05, 0.1) is 26.4 Å². The summed E-state index contributed by atoms with van der Waals surface area (Å²) in [7, 11) is -9.97. The Kier molecular flexibility index (Phi) is 69.9. The number of carbonyl (C=O) groups excluding carboxylic acids is 4. The number of phosphoric ester groups is 2. The maximum atomic E-state index is 13.1. The van der Waals surface area contributed by atoms with E-state index in [9.17, 15) is 43.2 Å². The Morgan fingerprint density at radius 3 is 0.850 bits per heavy atom. The van der Waals surface area contributed by atoms with E-state index in [0.29, 0.717) is 25.7 Å². The van der Waals surface area contributed by atoms with Crippen LogP contribution >= 0.6 is 15.6 Å². The molecule has 19 heteroatoms. The molecule has 0 spiro atoms. The second-order valence-electron chi connectivity index (χ2n) is 25.9. The summed E-state index contributed by atoms with van der Waals surface area (Å²) in [6, 6.07) is 0. The zero-order valence-electron chi connectivity index (χ0n) is 62.8. The predicted octanol–water partition coefficient (Wildman–Crippen LogP) is 22.6. The number of allylic oxidation sites excluding steroid dienone is 18. The average molecular weight is 1450 g/mol. The third-order valence-corrected chi connectivity index (χ3v) is 18.1. The van der Waals surface area contributed by atoms with Crippen molar-refractivity contribution in [1.29, 1.82) is 0 Å². The first-order valence-corrected chi connectivity index (χ1v) is 42.1. The second-order valence-corrected chi connectivity index (χ2v) is 28.8. The summed E-state index contributed by atoms with van der Waals surface area (Å²) in [4.78, 5) is 72.9. The van der Waals surface area contributed by atoms with Gasteiger partial charge in [-0.05, 0) is 154 Å². The molecule has 100 heavy (non-hydrogen) atoms. The fraction of sp³-hybridized carbons (Fsp3) is 0.728. The number of rotatable bonds is 73. The van der Waals surface area contributed by atoms with Gasteiger partial charge in [-0.2, -0.15) is 0 Å². The number of phosphoric acid groups is 2. The normalized spacial score (nSPS) is 14.5. The molecule has 0 amide bonds. The summed E-state index contributed by atoms with van der Waals surface area (Å²) in [6.07, 6.45) is 77.8. The highest BCUT2D eigenvalue weighted by atomic mass is 31.2. The Labute approximate surface area is 607 Å². The van der Waals surface area contributed by atoms with Gasteiger partial charge < -0.3 is 33.8 Å². The summed E-state index contributed by atoms with van der Waals surface area (Å²) >= 11 is 0. The number of aliphatic hydroxyl groups is 1. The predicted molar refractivity (Wildman–Crippen MR) is 408 cm³/mol. The molecule has 0 rings (SSSR count). The first-order chi connectivity index (χ1) is 48.7. The lowest BCUT2D eigenvalue weighted by atomic mass is 10.1. The minimum Gasteiger partial charge on any atom is -0.462 e. The highest BCUT2D eigenvalue weighted by molar-refractivity contribution is 7.47. The Morgan fingerprint density at radius 2 is 0.520 bits per heavy atom. The van der Waals surface area contributed by atoms with E-state index in [-0.39, 0.29) is 25.7 Å². The number of unbranched alkanes of at least 4 members (excludes halogenated alkanes) is 29. The quantitative estimate of drug-likeness (QED) is 0.0169. The molecule has 0 bridgehead atoms. The molecule has 0 heterocycles. The van der Waals surface area contributed by atoms with Crippen LogP contribution in [0.3, 0.4) is 0 Å². The van der Waals surface area contributed by atoms with Crippen LogP contribution in [0.25, 0.3) is 0 Å². The standard InChI is InChI=1S/C81H140O17P2/c1-5-9-13-17-21-25-29-33-37-41-45-49-53-57-61-65-78(83)91-71-76(97-80(85)67-63-59-55-51-47-43-39-35-31-27-23-19-15-11-7-3)73-95-99(87,88)93-69-75(82)70-94-100(89,90)96-74-77(98-81(86)68-64-60-56-52-48-44-40-36-32-28-24-20-16-12-8-4)72-92-79(84)66-62-58-54-50-46-42-38-34-30-26-22-18-14-10-6-2/h9,13,21-22,24-26,28,33-40,45,49,75-77,82H,5-8,10-12,14-20,23,27,29-32,41-44,46-48,50-74H2,1-4H3,(H,87,88)(H,89,90)/b13-9-,25-21-,26-22-,28-24-,37-33-,38-34-,39-35-,40-36-,49-45-. The number of aliphatic hydroxyl groups excluding tert-OH is 1. The van der Waals surface area contributed by atoms with Gasteiger partial charge in [-0.25, -0.2) is 9.13 Å². The van der Waals surface area contributed by atoms with Gasteiger partial charge in [0.25, 0.3) is 0 Å². The number of hydrogen-bond donors (Lipinski definition) is 3. The molecular formula is C81H140O17P2. The Bertz CT molecular complexity index is 2320. The summed E-state index contributed by atoms with van der Waals surface area (Å²) in [5, 5.41) is 10.6. The maximum absolute atomic E-state index is 13.1. The van der Waals surface area contributed by atoms with Gasteiger partial charge in [-0.1, -0.05) is 253 Å². The van der Waals surface area contributed by atoms with Gasteiger partial charge in [0, 0.05) is 25.7 Å². The van der Waals surface area contributed by atoms with Gasteiger partial charge in [-0.15, -0.1) is 0 Å². The summed E-state index contributed by atoms with van der Waals surface area (Å²) in [5.41, 5.74) is 0. The fourth-order valence-electron chi connectivity index (χ4n) is 10.2. The van der Waals surface area contributed by atoms with Crippen molar-refractivity contribution in [2.45, 2.75) is 341 Å². The van der Waals surface area contributed by atoms with Gasteiger partial charge in [0.15, 0.2) is 12.2 Å². The van der Waals surface area contributed by atoms with Gasteiger partial charge in [0.2, 0.25) is 0 Å². The Balaban J connectivity index is 5.42. The van der Waals surface area contributed by atoms with Crippen molar-refractivity contribution >= 4 is 39.5 Å². The molecule has 0 saturated carbocycles. The highest BCUT2D eigenvalue weighted by Gasteiger charge is 2.30. The van der Waals surface area contributed by atoms with Crippen LogP contribution in [0.5, 0.6) is 0 Å². The minimum atomic E-state index is -4.99. The summed E-state index contributed by atoms with van der Waals surface area (Å²) in [6.45, 7) is 4.63. The molecule has 5 atom stereocenters. The molecule has 576 valence electrons. The number of ether oxygens (including phenoxy) is 4. The molecule has 0 aliphatic rings. The maximum Gasteiger partial charge on any atom is 0.472 e. The zero-order valence-corrected chi connectivity index (χ0v) is 64.6. The Morgan fingerprint density at radius 1 is 0.290 bits per heavy atom. The Hall–Kier alpha value is -4.28. The van der Waals surface area contributed by atoms with E-state index in [1.165, 1.54) is 77.0 Å². The van der Waals surface area contributed by atoms with Crippen LogP contribution in [-0.4, -0.2) is 96.7 Å². The van der Waals surface area contributed by atoms with E-state index in [2.05, 4.69) is 137 Å². The zero-order chi connectivity index (χ0) is 73.2. The van der Waals surface area contributed by atoms with Crippen LogP contribution in [0.15, 0.2) is 109 Å². The van der Waals surface area contributed by atoms with E-state index >= 15 is 0 Å². The molecule has 0 aliphatic carbocycles. The van der Waals surface area contributed by atoms with E-state index in [1.807, 2.05) is 0 Å². The average Bonchev–Trinajstić information content (AvgIpc) is 1.01. The van der Waals surface area contributed by atoms with Gasteiger partial charge in [-0.3, -0.25) is 37.3 Å². The van der Waals surface area contributed by atoms with Crippen molar-refractivity contribution in [1.82, 2.24) is 0 Å². The van der Waals surface area contributed by atoms with Crippen molar-refractivity contribution in [2.24, 2.45) is 0 Å². The van der Waals surface area contributed by atoms with E-state index in [0.717, 1.165) is 167 Å². The smallest absolute Gasteiger partial charge is 0.462 e. The molecular weight excluding hydrogens is 1310 g/mol. The van der Waals surface area contributed by atoms with Gasteiger partial charge in [0.1, 0.15) is 19.3 Å². The first kappa shape index (κ1) is 95.7. The molecule has 17 nitrogen and oxygen atoms in total. The van der Waals surface area contributed by atoms with Crippen LogP contribution < -0.4 is 0 Å². The lowest BCUT2D eigenvalue weighted by Crippen LogP contribution is -2.30. The van der Waals surface area contributed by atoms with Crippen LogP contribution in [0, 0.1) is 0 Å². The van der Waals surface area contributed by atoms with Crippen molar-refractivity contribution in [3.05, 3.63) is 109 Å². The molecule has 0 aromatic carbocycles. The molecule has 0 aromatic heterocycles. The topological polar surface area (TPSA) is 237 Å². The lowest BCUT2D eigenvalue weighted by molar-refractivity contribution is -0.161. The largest absolute Gasteiger partial charge is 0.472 e. The minimum absolute atomic E-state index is 0.0742. The molecule has 0 radical (unpaired) electrons. The third-order valence-electron chi connectivity index (χ3n) is 16.2. The molecule has 5 unspecified atom stereocenters. The van der Waals surface area contributed by atoms with Crippen molar-refractivity contribution in [3.8, 4) is 0 Å². The van der Waals surface area contributed by atoms with Crippen molar-refractivity contribution in [2.75, 3.05) is 39.6 Å². The SMILES string of the molecule is CC/C=C\C/C=C\C/C=C\C/C=C\CCCCC(=O)OCC(COP(=O)(O)OCC(O)COP(=O)(O)OCC(COC(=O)CCCCCCC/C=C\C/C=C\CCCCC)OC(=O)CCCCCCC/C=C\C/C=C\CCCCC)OC(=O)CCCCCCC/C=C\CCCCCCCC. The highest BCUT2D eigenvalue weighted by Crippen LogP contribution is 2.45. The molecule has 0 saturated heterocycles. The lowest BCUT2D eigenvalue weighted by Gasteiger charge is -2.21. The van der Waals surface area contributed by atoms with Crippen LogP contribution in [0.2, 0.25) is 0 Å². The molecule has 3 N–H and O–H groups in total. The van der Waals surface area contributed by atoms with E-state index < -0.39 is 97.5 Å².